The number of carbonyl (C=O) groups excluding carboxylic acids is 1. The van der Waals surface area contributed by atoms with E-state index in [0.717, 1.165) is 6.54 Å². The summed E-state index contributed by atoms with van der Waals surface area (Å²) in [6.45, 7) is 5.40. The van der Waals surface area contributed by atoms with Crippen LogP contribution in [0.5, 0.6) is 0 Å². The van der Waals surface area contributed by atoms with Gasteiger partial charge in [-0.1, -0.05) is 18.9 Å². The second kappa shape index (κ2) is 6.77. The molecule has 1 amide bonds. The van der Waals surface area contributed by atoms with Crippen molar-refractivity contribution in [1.82, 2.24) is 15.5 Å². The van der Waals surface area contributed by atoms with Gasteiger partial charge in [-0.25, -0.2) is 0 Å². The van der Waals surface area contributed by atoms with E-state index in [1.54, 1.807) is 6.08 Å². The number of carbonyl (C=O) groups is 1. The Bertz CT molecular complexity index is 257. The van der Waals surface area contributed by atoms with Crippen molar-refractivity contribution >= 4 is 5.91 Å². The standard InChI is InChI=1S/C13H25N3O/c1-4-9-14-10-12(17)15-11-13(16(2)3)7-5-6-8-13/h4,14H,1,5-11H2,2-3H3,(H,15,17). The Morgan fingerprint density at radius 3 is 2.59 bits per heavy atom. The summed E-state index contributed by atoms with van der Waals surface area (Å²) in [6.07, 6.45) is 6.65. The Kier molecular flexibility index (Phi) is 5.65. The third-order valence-electron chi connectivity index (χ3n) is 3.67. The third kappa shape index (κ3) is 4.13. The number of hydrogen-bond donors (Lipinski definition) is 2. The summed E-state index contributed by atoms with van der Waals surface area (Å²) in [6, 6.07) is 0. The number of hydrogen-bond acceptors (Lipinski definition) is 3. The van der Waals surface area contributed by atoms with E-state index >= 15 is 0 Å². The van der Waals surface area contributed by atoms with Crippen LogP contribution in [0, 0.1) is 0 Å². The summed E-state index contributed by atoms with van der Waals surface area (Å²) in [5.41, 5.74) is 0.175. The average molecular weight is 239 g/mol. The first kappa shape index (κ1) is 14.2. The van der Waals surface area contributed by atoms with Crippen LogP contribution in [0.3, 0.4) is 0 Å². The molecule has 0 aliphatic heterocycles. The van der Waals surface area contributed by atoms with E-state index in [2.05, 4.69) is 36.2 Å². The minimum atomic E-state index is 0.0694. The van der Waals surface area contributed by atoms with Crippen LogP contribution in [0.4, 0.5) is 0 Å². The summed E-state index contributed by atoms with van der Waals surface area (Å²) >= 11 is 0. The highest BCUT2D eigenvalue weighted by atomic mass is 16.1. The summed E-state index contributed by atoms with van der Waals surface area (Å²) in [7, 11) is 4.21. The van der Waals surface area contributed by atoms with E-state index in [1.807, 2.05) is 0 Å². The zero-order valence-corrected chi connectivity index (χ0v) is 11.1. The van der Waals surface area contributed by atoms with Crippen molar-refractivity contribution < 1.29 is 4.79 Å². The van der Waals surface area contributed by atoms with Crippen molar-refractivity contribution in [3.8, 4) is 0 Å². The van der Waals surface area contributed by atoms with Gasteiger partial charge in [0.2, 0.25) is 5.91 Å². The number of rotatable bonds is 7. The van der Waals surface area contributed by atoms with Crippen LogP contribution in [0.2, 0.25) is 0 Å². The molecule has 2 N–H and O–H groups in total. The van der Waals surface area contributed by atoms with Gasteiger partial charge in [0.1, 0.15) is 0 Å². The molecule has 17 heavy (non-hydrogen) atoms. The van der Waals surface area contributed by atoms with E-state index < -0.39 is 0 Å². The molecule has 4 nitrogen and oxygen atoms in total. The second-order valence-electron chi connectivity index (χ2n) is 5.02. The minimum absolute atomic E-state index is 0.0694. The van der Waals surface area contributed by atoms with Gasteiger partial charge >= 0.3 is 0 Å². The first-order valence-electron chi connectivity index (χ1n) is 6.36. The lowest BCUT2D eigenvalue weighted by Gasteiger charge is -2.36. The summed E-state index contributed by atoms with van der Waals surface area (Å²) in [5, 5.41) is 6.04. The predicted octanol–water partition coefficient (Wildman–Crippen LogP) is 0.753. The van der Waals surface area contributed by atoms with Crippen molar-refractivity contribution in [2.24, 2.45) is 0 Å². The fourth-order valence-corrected chi connectivity index (χ4v) is 2.43. The Morgan fingerprint density at radius 1 is 1.41 bits per heavy atom. The van der Waals surface area contributed by atoms with Gasteiger partial charge in [0, 0.05) is 18.6 Å². The predicted molar refractivity (Wildman–Crippen MR) is 71.0 cm³/mol. The monoisotopic (exact) mass is 239 g/mol. The molecule has 0 unspecified atom stereocenters. The van der Waals surface area contributed by atoms with Gasteiger partial charge in [0.25, 0.3) is 0 Å². The molecule has 1 aliphatic carbocycles. The molecule has 0 aromatic rings. The largest absolute Gasteiger partial charge is 0.353 e. The molecule has 0 radical (unpaired) electrons. The number of nitrogens with one attached hydrogen (secondary N) is 2. The highest BCUT2D eigenvalue weighted by molar-refractivity contribution is 5.78. The molecule has 0 aromatic heterocycles. The lowest BCUT2D eigenvalue weighted by molar-refractivity contribution is -0.120. The number of nitrogens with zero attached hydrogens (tertiary/aromatic N) is 1. The third-order valence-corrected chi connectivity index (χ3v) is 3.67. The Labute approximate surface area is 104 Å². The topological polar surface area (TPSA) is 44.4 Å². The van der Waals surface area contributed by atoms with Gasteiger partial charge in [0.15, 0.2) is 0 Å². The molecule has 4 heteroatoms. The van der Waals surface area contributed by atoms with Gasteiger partial charge < -0.3 is 15.5 Å². The Balaban J connectivity index is 2.32. The van der Waals surface area contributed by atoms with Crippen molar-refractivity contribution in [2.75, 3.05) is 33.7 Å². The fourth-order valence-electron chi connectivity index (χ4n) is 2.43. The molecule has 98 valence electrons. The van der Waals surface area contributed by atoms with Crippen LogP contribution in [-0.4, -0.2) is 50.1 Å². The Hall–Kier alpha value is -0.870. The first-order chi connectivity index (χ1) is 8.10. The first-order valence-corrected chi connectivity index (χ1v) is 6.36. The van der Waals surface area contributed by atoms with Gasteiger partial charge in [-0.2, -0.15) is 0 Å². The zero-order valence-electron chi connectivity index (χ0n) is 11.1. The molecule has 0 saturated heterocycles. The van der Waals surface area contributed by atoms with Crippen molar-refractivity contribution in [3.05, 3.63) is 12.7 Å². The van der Waals surface area contributed by atoms with Crippen LogP contribution in [0.1, 0.15) is 25.7 Å². The van der Waals surface area contributed by atoms with Gasteiger partial charge in [-0.3, -0.25) is 4.79 Å². The van der Waals surface area contributed by atoms with E-state index in [9.17, 15) is 4.79 Å². The van der Waals surface area contributed by atoms with Crippen LogP contribution in [0.15, 0.2) is 12.7 Å². The number of amides is 1. The summed E-state index contributed by atoms with van der Waals surface area (Å²) in [4.78, 5) is 13.9. The average Bonchev–Trinajstić information content (AvgIpc) is 2.77. The normalized spacial score (nSPS) is 18.3. The maximum Gasteiger partial charge on any atom is 0.234 e. The minimum Gasteiger partial charge on any atom is -0.353 e. The molecule has 0 atom stereocenters. The summed E-state index contributed by atoms with van der Waals surface area (Å²) < 4.78 is 0. The van der Waals surface area contributed by atoms with E-state index in [4.69, 9.17) is 0 Å². The molecule has 1 fully saturated rings. The van der Waals surface area contributed by atoms with Gasteiger partial charge in [0.05, 0.1) is 6.54 Å². The second-order valence-corrected chi connectivity index (χ2v) is 5.02. The van der Waals surface area contributed by atoms with E-state index in [1.165, 1.54) is 25.7 Å². The molecule has 0 aromatic carbocycles. The highest BCUT2D eigenvalue weighted by Gasteiger charge is 2.35. The molecule has 1 rings (SSSR count). The van der Waals surface area contributed by atoms with E-state index in [-0.39, 0.29) is 11.4 Å². The maximum atomic E-state index is 11.6. The van der Waals surface area contributed by atoms with Crippen molar-refractivity contribution in [1.29, 1.82) is 0 Å². The Morgan fingerprint density at radius 2 is 2.06 bits per heavy atom. The molecule has 0 bridgehead atoms. The molecule has 1 aliphatic rings. The highest BCUT2D eigenvalue weighted by Crippen LogP contribution is 2.32. The van der Waals surface area contributed by atoms with Gasteiger partial charge in [-0.05, 0) is 26.9 Å². The van der Waals surface area contributed by atoms with E-state index in [0.29, 0.717) is 13.1 Å². The SMILES string of the molecule is C=CCNCC(=O)NCC1(N(C)C)CCCC1. The molecular formula is C13H25N3O. The lowest BCUT2D eigenvalue weighted by atomic mass is 9.96. The lowest BCUT2D eigenvalue weighted by Crippen LogP contribution is -2.51. The van der Waals surface area contributed by atoms with Crippen LogP contribution in [-0.2, 0) is 4.79 Å². The van der Waals surface area contributed by atoms with Gasteiger partial charge in [-0.15, -0.1) is 6.58 Å². The maximum absolute atomic E-state index is 11.6. The summed E-state index contributed by atoms with van der Waals surface area (Å²) in [5.74, 6) is 0.0694. The molecule has 0 heterocycles. The molecule has 1 saturated carbocycles. The smallest absolute Gasteiger partial charge is 0.234 e. The van der Waals surface area contributed by atoms with Crippen LogP contribution >= 0.6 is 0 Å². The van der Waals surface area contributed by atoms with Crippen LogP contribution in [0.25, 0.3) is 0 Å². The van der Waals surface area contributed by atoms with Crippen molar-refractivity contribution in [3.63, 3.8) is 0 Å². The van der Waals surface area contributed by atoms with Crippen molar-refractivity contribution in [2.45, 2.75) is 31.2 Å². The molecular weight excluding hydrogens is 214 g/mol. The van der Waals surface area contributed by atoms with Crippen LogP contribution < -0.4 is 10.6 Å². The fraction of sp³-hybridized carbons (Fsp3) is 0.769. The number of likely N-dealkylation sites (N-methyl/N-ethyl adjacent to an activating group) is 1. The molecule has 0 spiro atoms. The quantitative estimate of drug-likeness (QED) is 0.509. The zero-order chi connectivity index (χ0) is 12.7.